The molecule has 1 unspecified atom stereocenters. The second-order valence-electron chi connectivity index (χ2n) is 4.35. The second kappa shape index (κ2) is 5.60. The lowest BCUT2D eigenvalue weighted by molar-refractivity contribution is 0.565. The van der Waals surface area contributed by atoms with E-state index in [9.17, 15) is 12.8 Å². The third-order valence-corrected chi connectivity index (χ3v) is 3.69. The molecule has 0 aliphatic rings. The average Bonchev–Trinajstić information content (AvgIpc) is 2.19. The number of hydrogen-bond acceptors (Lipinski definition) is 3. The molecule has 0 aliphatic carbocycles. The normalized spacial score (nSPS) is 13.6. The summed E-state index contributed by atoms with van der Waals surface area (Å²) in [6.07, 6.45) is 1.80. The van der Waals surface area contributed by atoms with Gasteiger partial charge in [-0.15, -0.1) is 0 Å². The van der Waals surface area contributed by atoms with Crippen molar-refractivity contribution in [2.45, 2.75) is 19.4 Å². The van der Waals surface area contributed by atoms with Crippen LogP contribution in [0.4, 0.5) is 4.39 Å². The van der Waals surface area contributed by atoms with Gasteiger partial charge in [-0.25, -0.2) is 12.8 Å². The molecular formula is C12H18FNO2S. The summed E-state index contributed by atoms with van der Waals surface area (Å²) in [5.41, 5.74) is 1.81. The maximum atomic E-state index is 12.9. The third kappa shape index (κ3) is 4.83. The summed E-state index contributed by atoms with van der Waals surface area (Å²) in [7, 11) is -1.28. The van der Waals surface area contributed by atoms with Gasteiger partial charge in [-0.1, -0.05) is 6.07 Å². The van der Waals surface area contributed by atoms with Crippen LogP contribution in [0.2, 0.25) is 0 Å². The summed E-state index contributed by atoms with van der Waals surface area (Å²) in [6.45, 7) is 1.82. The first-order valence-corrected chi connectivity index (χ1v) is 7.48. The van der Waals surface area contributed by atoms with Gasteiger partial charge in [0.25, 0.3) is 0 Å². The van der Waals surface area contributed by atoms with E-state index in [1.807, 2.05) is 6.92 Å². The van der Waals surface area contributed by atoms with Crippen LogP contribution in [0, 0.1) is 12.7 Å². The van der Waals surface area contributed by atoms with Crippen molar-refractivity contribution in [1.82, 2.24) is 5.32 Å². The fourth-order valence-electron chi connectivity index (χ4n) is 1.76. The number of likely N-dealkylation sites (N-methyl/N-ethyl adjacent to an activating group) is 1. The lowest BCUT2D eigenvalue weighted by atomic mass is 10.0. The Hall–Kier alpha value is -0.940. The van der Waals surface area contributed by atoms with Crippen LogP contribution in [-0.2, 0) is 16.3 Å². The number of nitrogens with one attached hydrogen (secondary N) is 1. The predicted molar refractivity (Wildman–Crippen MR) is 67.4 cm³/mol. The molecular weight excluding hydrogens is 241 g/mol. The molecule has 3 nitrogen and oxygen atoms in total. The van der Waals surface area contributed by atoms with E-state index in [1.54, 1.807) is 13.1 Å². The molecule has 0 spiro atoms. The van der Waals surface area contributed by atoms with Crippen molar-refractivity contribution < 1.29 is 12.8 Å². The lowest BCUT2D eigenvalue weighted by Gasteiger charge is -2.16. The zero-order valence-electron chi connectivity index (χ0n) is 10.3. The first-order chi connectivity index (χ1) is 7.81. The number of benzene rings is 1. The summed E-state index contributed by atoms with van der Waals surface area (Å²) in [6, 6.07) is 4.42. The topological polar surface area (TPSA) is 46.2 Å². The molecule has 5 heteroatoms. The molecule has 96 valence electrons. The molecule has 1 aromatic rings. The van der Waals surface area contributed by atoms with Crippen molar-refractivity contribution in [3.8, 4) is 0 Å². The molecule has 0 bridgehead atoms. The van der Waals surface area contributed by atoms with Crippen LogP contribution in [0.5, 0.6) is 0 Å². The highest BCUT2D eigenvalue weighted by Gasteiger charge is 2.15. The molecule has 0 amide bonds. The number of hydrogen-bond donors (Lipinski definition) is 1. The van der Waals surface area contributed by atoms with Crippen LogP contribution >= 0.6 is 0 Å². The standard InChI is InChI=1S/C12H18FNO2S/c1-9-6-11(13)5-4-10(9)7-12(14-2)8-17(3,15)16/h4-6,12,14H,7-8H2,1-3H3. The largest absolute Gasteiger partial charge is 0.316 e. The second-order valence-corrected chi connectivity index (χ2v) is 6.54. The Morgan fingerprint density at radius 2 is 2.06 bits per heavy atom. The van der Waals surface area contributed by atoms with Crippen molar-refractivity contribution in [1.29, 1.82) is 0 Å². The molecule has 0 saturated heterocycles. The van der Waals surface area contributed by atoms with E-state index in [0.717, 1.165) is 11.1 Å². The highest BCUT2D eigenvalue weighted by atomic mass is 32.2. The number of sulfone groups is 1. The van der Waals surface area contributed by atoms with Gasteiger partial charge in [0.15, 0.2) is 0 Å². The molecule has 17 heavy (non-hydrogen) atoms. The Bertz CT molecular complexity index is 485. The minimum absolute atomic E-state index is 0.0836. The van der Waals surface area contributed by atoms with Crippen LogP contribution in [0.25, 0.3) is 0 Å². The summed E-state index contributed by atoms with van der Waals surface area (Å²) in [4.78, 5) is 0. The summed E-state index contributed by atoms with van der Waals surface area (Å²) >= 11 is 0. The van der Waals surface area contributed by atoms with E-state index in [4.69, 9.17) is 0 Å². The molecule has 0 saturated carbocycles. The molecule has 0 fully saturated rings. The zero-order chi connectivity index (χ0) is 13.1. The Balaban J connectivity index is 2.81. The van der Waals surface area contributed by atoms with Gasteiger partial charge in [0.05, 0.1) is 5.75 Å². The Morgan fingerprint density at radius 1 is 1.41 bits per heavy atom. The van der Waals surface area contributed by atoms with Gasteiger partial charge in [0, 0.05) is 12.3 Å². The van der Waals surface area contributed by atoms with E-state index < -0.39 is 9.84 Å². The van der Waals surface area contributed by atoms with Crippen molar-refractivity contribution >= 4 is 9.84 Å². The molecule has 0 aliphatic heterocycles. The minimum Gasteiger partial charge on any atom is -0.316 e. The smallest absolute Gasteiger partial charge is 0.148 e. The van der Waals surface area contributed by atoms with Gasteiger partial charge in [-0.05, 0) is 43.7 Å². The fraction of sp³-hybridized carbons (Fsp3) is 0.500. The maximum Gasteiger partial charge on any atom is 0.148 e. The van der Waals surface area contributed by atoms with E-state index in [0.29, 0.717) is 6.42 Å². The van der Waals surface area contributed by atoms with Crippen molar-refractivity contribution in [3.05, 3.63) is 35.1 Å². The average molecular weight is 259 g/mol. The quantitative estimate of drug-likeness (QED) is 0.867. The summed E-state index contributed by atoms with van der Waals surface area (Å²) in [5.74, 6) is -0.185. The van der Waals surface area contributed by atoms with E-state index in [-0.39, 0.29) is 17.6 Å². The molecule has 1 rings (SSSR count). The molecule has 1 N–H and O–H groups in total. The Morgan fingerprint density at radius 3 is 2.53 bits per heavy atom. The highest BCUT2D eigenvalue weighted by molar-refractivity contribution is 7.90. The fourth-order valence-corrected chi connectivity index (χ4v) is 2.78. The monoisotopic (exact) mass is 259 g/mol. The van der Waals surface area contributed by atoms with Crippen LogP contribution in [0.15, 0.2) is 18.2 Å². The molecule has 0 aromatic heterocycles. The third-order valence-electron chi connectivity index (χ3n) is 2.68. The number of rotatable bonds is 5. The molecule has 1 atom stereocenters. The molecule has 0 radical (unpaired) electrons. The van der Waals surface area contributed by atoms with Crippen molar-refractivity contribution in [3.63, 3.8) is 0 Å². The van der Waals surface area contributed by atoms with Gasteiger partial charge >= 0.3 is 0 Å². The number of aryl methyl sites for hydroxylation is 1. The van der Waals surface area contributed by atoms with E-state index >= 15 is 0 Å². The van der Waals surface area contributed by atoms with Gasteiger partial charge in [0.1, 0.15) is 15.7 Å². The SMILES string of the molecule is CNC(Cc1ccc(F)cc1C)CS(C)(=O)=O. The minimum atomic E-state index is -3.01. The van der Waals surface area contributed by atoms with Crippen LogP contribution in [0.1, 0.15) is 11.1 Å². The zero-order valence-corrected chi connectivity index (χ0v) is 11.1. The maximum absolute atomic E-state index is 12.9. The molecule has 1 aromatic carbocycles. The number of halogens is 1. The van der Waals surface area contributed by atoms with Gasteiger partial charge in [0.2, 0.25) is 0 Å². The van der Waals surface area contributed by atoms with Gasteiger partial charge < -0.3 is 5.32 Å². The van der Waals surface area contributed by atoms with Crippen molar-refractivity contribution in [2.75, 3.05) is 19.1 Å². The Labute approximate surface area is 102 Å². The van der Waals surface area contributed by atoms with E-state index in [2.05, 4.69) is 5.32 Å². The summed E-state index contributed by atoms with van der Waals surface area (Å²) < 4.78 is 35.4. The van der Waals surface area contributed by atoms with Crippen LogP contribution < -0.4 is 5.32 Å². The lowest BCUT2D eigenvalue weighted by Crippen LogP contribution is -2.34. The van der Waals surface area contributed by atoms with E-state index in [1.165, 1.54) is 18.4 Å². The van der Waals surface area contributed by atoms with Crippen LogP contribution in [-0.4, -0.2) is 33.5 Å². The Kier molecular flexibility index (Phi) is 4.65. The first kappa shape index (κ1) is 14.1. The van der Waals surface area contributed by atoms with Crippen molar-refractivity contribution in [2.24, 2.45) is 0 Å². The first-order valence-electron chi connectivity index (χ1n) is 5.42. The van der Waals surface area contributed by atoms with Gasteiger partial charge in [-0.2, -0.15) is 0 Å². The highest BCUT2D eigenvalue weighted by Crippen LogP contribution is 2.12. The summed E-state index contributed by atoms with van der Waals surface area (Å²) in [5, 5.41) is 2.98. The van der Waals surface area contributed by atoms with Gasteiger partial charge in [-0.3, -0.25) is 0 Å². The molecule has 0 heterocycles. The predicted octanol–water partition coefficient (Wildman–Crippen LogP) is 1.31. The van der Waals surface area contributed by atoms with Crippen LogP contribution in [0.3, 0.4) is 0 Å².